The van der Waals surface area contributed by atoms with Crippen molar-refractivity contribution in [2.45, 2.75) is 27.7 Å². The Hall–Kier alpha value is -2.49. The zero-order valence-corrected chi connectivity index (χ0v) is 13.2. The van der Waals surface area contributed by atoms with Gasteiger partial charge in [0.2, 0.25) is 5.91 Å². The van der Waals surface area contributed by atoms with Crippen molar-refractivity contribution in [2.24, 2.45) is 5.73 Å². The minimum absolute atomic E-state index is 0.227. The number of nitrogens with one attached hydrogen (secondary N) is 1. The van der Waals surface area contributed by atoms with Crippen LogP contribution < -0.4 is 16.8 Å². The number of hydrogen-bond acceptors (Lipinski definition) is 3. The topological polar surface area (TPSA) is 81.1 Å². The SMILES string of the molecule is C/C=C\C(NC(=O)/C=C/c1ccc(N)cc1)=C(/C)N.CC. The van der Waals surface area contributed by atoms with E-state index in [-0.39, 0.29) is 5.91 Å². The number of carbonyl (C=O) groups excluding carboxylic acids is 1. The predicted octanol–water partition coefficient (Wildman–Crippen LogP) is 3.19. The number of hydrogen-bond donors (Lipinski definition) is 3. The molecule has 114 valence electrons. The molecule has 0 radical (unpaired) electrons. The molecule has 0 heterocycles. The highest BCUT2D eigenvalue weighted by atomic mass is 16.1. The maximum absolute atomic E-state index is 11.7. The standard InChI is InChI=1S/C15H19N3O.C2H6/c1-3-4-14(11(2)16)18-15(19)10-7-12-5-8-13(17)9-6-12;1-2/h3-10H,16-17H2,1-2H3,(H,18,19);1-2H3/b4-3-,10-7+,14-11-;. The fraction of sp³-hybridized carbons (Fsp3) is 0.235. The lowest BCUT2D eigenvalue weighted by atomic mass is 10.2. The third kappa shape index (κ3) is 7.62. The smallest absolute Gasteiger partial charge is 0.248 e. The van der Waals surface area contributed by atoms with Crippen LogP contribution in [0.25, 0.3) is 6.08 Å². The lowest BCUT2D eigenvalue weighted by molar-refractivity contribution is -0.115. The van der Waals surface area contributed by atoms with Gasteiger partial charge in [0.25, 0.3) is 0 Å². The van der Waals surface area contributed by atoms with Crippen molar-refractivity contribution in [2.75, 3.05) is 5.73 Å². The number of nitrogens with two attached hydrogens (primary N) is 2. The third-order valence-electron chi connectivity index (χ3n) is 2.38. The molecule has 21 heavy (non-hydrogen) atoms. The van der Waals surface area contributed by atoms with Crippen molar-refractivity contribution in [1.29, 1.82) is 0 Å². The predicted molar refractivity (Wildman–Crippen MR) is 91.1 cm³/mol. The van der Waals surface area contributed by atoms with Crippen molar-refractivity contribution in [3.8, 4) is 0 Å². The molecule has 1 rings (SSSR count). The molecular weight excluding hydrogens is 262 g/mol. The number of amides is 1. The Morgan fingerprint density at radius 3 is 2.19 bits per heavy atom. The van der Waals surface area contributed by atoms with Crippen LogP contribution in [0.3, 0.4) is 0 Å². The quantitative estimate of drug-likeness (QED) is 0.452. The Balaban J connectivity index is 0.00000191. The van der Waals surface area contributed by atoms with Gasteiger partial charge in [0, 0.05) is 17.5 Å². The highest BCUT2D eigenvalue weighted by molar-refractivity contribution is 5.93. The molecule has 1 amide bonds. The normalized spacial score (nSPS) is 11.8. The van der Waals surface area contributed by atoms with Gasteiger partial charge in [0.15, 0.2) is 0 Å². The molecule has 1 aromatic rings. The van der Waals surface area contributed by atoms with Crippen LogP contribution in [0.1, 0.15) is 33.3 Å². The number of rotatable bonds is 4. The summed E-state index contributed by atoms with van der Waals surface area (Å²) in [5.74, 6) is -0.227. The first-order valence-electron chi connectivity index (χ1n) is 6.96. The summed E-state index contributed by atoms with van der Waals surface area (Å²) in [4.78, 5) is 11.7. The van der Waals surface area contributed by atoms with Crippen LogP contribution in [0.15, 0.2) is 53.9 Å². The van der Waals surface area contributed by atoms with Crippen LogP contribution in [0.2, 0.25) is 0 Å². The lowest BCUT2D eigenvalue weighted by Crippen LogP contribution is -2.22. The number of allylic oxidation sites excluding steroid dienone is 3. The second-order valence-corrected chi connectivity index (χ2v) is 4.09. The van der Waals surface area contributed by atoms with E-state index >= 15 is 0 Å². The van der Waals surface area contributed by atoms with Crippen LogP contribution in [0, 0.1) is 0 Å². The van der Waals surface area contributed by atoms with Crippen LogP contribution in [-0.4, -0.2) is 5.91 Å². The van der Waals surface area contributed by atoms with E-state index in [0.717, 1.165) is 5.56 Å². The van der Waals surface area contributed by atoms with Gasteiger partial charge in [-0.1, -0.05) is 32.1 Å². The van der Waals surface area contributed by atoms with E-state index in [1.165, 1.54) is 6.08 Å². The first-order valence-corrected chi connectivity index (χ1v) is 6.96. The van der Waals surface area contributed by atoms with Gasteiger partial charge >= 0.3 is 0 Å². The number of nitrogen functional groups attached to an aromatic ring is 1. The van der Waals surface area contributed by atoms with Crippen molar-refractivity contribution in [1.82, 2.24) is 5.32 Å². The van der Waals surface area contributed by atoms with E-state index in [0.29, 0.717) is 17.1 Å². The molecule has 0 fully saturated rings. The molecule has 0 unspecified atom stereocenters. The van der Waals surface area contributed by atoms with Crippen molar-refractivity contribution in [3.05, 3.63) is 59.5 Å². The Kier molecular flexibility index (Phi) is 9.09. The maximum Gasteiger partial charge on any atom is 0.248 e. The zero-order valence-electron chi connectivity index (χ0n) is 13.2. The number of carbonyl (C=O) groups is 1. The van der Waals surface area contributed by atoms with Gasteiger partial charge in [0.05, 0.1) is 5.70 Å². The molecule has 4 heteroatoms. The van der Waals surface area contributed by atoms with Gasteiger partial charge in [0.1, 0.15) is 0 Å². The first-order chi connectivity index (χ1) is 10.0. The number of benzene rings is 1. The van der Waals surface area contributed by atoms with Gasteiger partial charge in [-0.05, 0) is 43.7 Å². The summed E-state index contributed by atoms with van der Waals surface area (Å²) in [7, 11) is 0. The van der Waals surface area contributed by atoms with Crippen LogP contribution in [-0.2, 0) is 4.79 Å². The summed E-state index contributed by atoms with van der Waals surface area (Å²) in [6.45, 7) is 7.60. The minimum Gasteiger partial charge on any atom is -0.401 e. The summed E-state index contributed by atoms with van der Waals surface area (Å²) >= 11 is 0. The molecule has 0 aromatic heterocycles. The zero-order chi connectivity index (χ0) is 16.3. The maximum atomic E-state index is 11.7. The van der Waals surface area contributed by atoms with Gasteiger partial charge in [-0.25, -0.2) is 0 Å². The van der Waals surface area contributed by atoms with Gasteiger partial charge in [-0.3, -0.25) is 4.79 Å². The molecule has 1 aromatic carbocycles. The van der Waals surface area contributed by atoms with Crippen LogP contribution >= 0.6 is 0 Å². The molecule has 0 spiro atoms. The summed E-state index contributed by atoms with van der Waals surface area (Å²) < 4.78 is 0. The van der Waals surface area contributed by atoms with Gasteiger partial charge in [-0.15, -0.1) is 0 Å². The largest absolute Gasteiger partial charge is 0.401 e. The summed E-state index contributed by atoms with van der Waals surface area (Å²) in [6, 6.07) is 7.26. The lowest BCUT2D eigenvalue weighted by Gasteiger charge is -2.05. The molecule has 0 atom stereocenters. The van der Waals surface area contributed by atoms with Gasteiger partial charge in [-0.2, -0.15) is 0 Å². The van der Waals surface area contributed by atoms with Crippen molar-refractivity contribution in [3.63, 3.8) is 0 Å². The van der Waals surface area contributed by atoms with E-state index < -0.39 is 0 Å². The molecular formula is C17H25N3O. The summed E-state index contributed by atoms with van der Waals surface area (Å²) in [5.41, 5.74) is 14.0. The minimum atomic E-state index is -0.227. The average molecular weight is 287 g/mol. The molecule has 0 aliphatic heterocycles. The molecule has 0 saturated carbocycles. The highest BCUT2D eigenvalue weighted by Gasteiger charge is 2.00. The second kappa shape index (κ2) is 10.3. The van der Waals surface area contributed by atoms with Gasteiger partial charge < -0.3 is 16.8 Å². The Bertz CT molecular complexity index is 521. The number of anilines is 1. The Morgan fingerprint density at radius 2 is 1.71 bits per heavy atom. The molecule has 0 saturated heterocycles. The Morgan fingerprint density at radius 1 is 1.14 bits per heavy atom. The van der Waals surface area contributed by atoms with E-state index in [4.69, 9.17) is 11.5 Å². The third-order valence-corrected chi connectivity index (χ3v) is 2.38. The Labute approximate surface area is 127 Å². The molecule has 0 bridgehead atoms. The summed E-state index contributed by atoms with van der Waals surface area (Å²) in [6.07, 6.45) is 6.74. The monoisotopic (exact) mass is 287 g/mol. The fourth-order valence-corrected chi connectivity index (χ4v) is 1.39. The first kappa shape index (κ1) is 18.5. The van der Waals surface area contributed by atoms with E-state index in [1.54, 1.807) is 31.2 Å². The van der Waals surface area contributed by atoms with Crippen molar-refractivity contribution < 1.29 is 4.79 Å². The summed E-state index contributed by atoms with van der Waals surface area (Å²) in [5, 5.41) is 2.72. The molecule has 0 aliphatic rings. The van der Waals surface area contributed by atoms with Crippen LogP contribution in [0.5, 0.6) is 0 Å². The highest BCUT2D eigenvalue weighted by Crippen LogP contribution is 2.07. The van der Waals surface area contributed by atoms with E-state index in [9.17, 15) is 4.79 Å². The van der Waals surface area contributed by atoms with Crippen molar-refractivity contribution >= 4 is 17.7 Å². The molecule has 0 aliphatic carbocycles. The van der Waals surface area contributed by atoms with Crippen LogP contribution in [0.4, 0.5) is 5.69 Å². The average Bonchev–Trinajstić information content (AvgIpc) is 2.48. The molecule has 4 nitrogen and oxygen atoms in total. The van der Waals surface area contributed by atoms with E-state index in [2.05, 4.69) is 5.32 Å². The molecule has 5 N–H and O–H groups in total. The van der Waals surface area contributed by atoms with E-state index in [1.807, 2.05) is 39.0 Å². The fourth-order valence-electron chi connectivity index (χ4n) is 1.39. The second-order valence-electron chi connectivity index (χ2n) is 4.09.